The summed E-state index contributed by atoms with van der Waals surface area (Å²) < 4.78 is 24.4. The summed E-state index contributed by atoms with van der Waals surface area (Å²) in [4.78, 5) is 6.34. The van der Waals surface area contributed by atoms with E-state index < -0.39 is 0 Å². The molecule has 0 amide bonds. The van der Waals surface area contributed by atoms with Gasteiger partial charge in [0.15, 0.2) is 11.5 Å². The van der Waals surface area contributed by atoms with Crippen LogP contribution < -0.4 is 9.47 Å². The lowest BCUT2D eigenvalue weighted by atomic mass is 10.1. The first-order valence-electron chi connectivity index (χ1n) is 8.50. The second kappa shape index (κ2) is 7.54. The molecule has 1 aliphatic rings. The monoisotopic (exact) mass is 350 g/mol. The lowest BCUT2D eigenvalue weighted by Gasteiger charge is -2.23. The Morgan fingerprint density at radius 1 is 0.808 bits per heavy atom. The van der Waals surface area contributed by atoms with Gasteiger partial charge in [-0.1, -0.05) is 18.2 Å². The average Bonchev–Trinajstić information content (AvgIpc) is 3.10. The quantitative estimate of drug-likeness (QED) is 0.669. The summed E-state index contributed by atoms with van der Waals surface area (Å²) in [5.41, 5.74) is 3.23. The standard InChI is InChI=1S/C21H19FN2O2/c22-19-3-1-2-17(10-19)13-24(12-16-6-8-23-9-7-16)14-18-4-5-20-21(11-18)26-15-25-20/h1-11H,12-15H2. The van der Waals surface area contributed by atoms with E-state index in [1.165, 1.54) is 6.07 Å². The van der Waals surface area contributed by atoms with E-state index in [1.807, 2.05) is 36.4 Å². The maximum absolute atomic E-state index is 13.6. The van der Waals surface area contributed by atoms with Crippen molar-refractivity contribution in [1.29, 1.82) is 0 Å². The summed E-state index contributed by atoms with van der Waals surface area (Å²) in [5, 5.41) is 0. The van der Waals surface area contributed by atoms with E-state index in [9.17, 15) is 4.39 Å². The van der Waals surface area contributed by atoms with Crippen LogP contribution in [0, 0.1) is 5.82 Å². The van der Waals surface area contributed by atoms with Gasteiger partial charge in [0.2, 0.25) is 6.79 Å². The Bertz CT molecular complexity index is 886. The molecule has 0 atom stereocenters. The van der Waals surface area contributed by atoms with Crippen molar-refractivity contribution in [1.82, 2.24) is 9.88 Å². The Balaban J connectivity index is 1.55. The second-order valence-corrected chi connectivity index (χ2v) is 6.32. The van der Waals surface area contributed by atoms with Gasteiger partial charge in [0.1, 0.15) is 5.82 Å². The zero-order valence-electron chi connectivity index (χ0n) is 14.3. The Morgan fingerprint density at radius 3 is 2.35 bits per heavy atom. The first-order valence-corrected chi connectivity index (χ1v) is 8.50. The number of aromatic nitrogens is 1. The number of halogens is 1. The van der Waals surface area contributed by atoms with Gasteiger partial charge in [-0.15, -0.1) is 0 Å². The maximum atomic E-state index is 13.6. The first-order chi connectivity index (χ1) is 12.8. The SMILES string of the molecule is Fc1cccc(CN(Cc2ccncc2)Cc2ccc3c(c2)OCO3)c1. The fourth-order valence-corrected chi connectivity index (χ4v) is 3.11. The Labute approximate surface area is 151 Å². The lowest BCUT2D eigenvalue weighted by Crippen LogP contribution is -2.22. The van der Waals surface area contributed by atoms with Crippen molar-refractivity contribution in [2.45, 2.75) is 19.6 Å². The van der Waals surface area contributed by atoms with Crippen LogP contribution in [0.4, 0.5) is 4.39 Å². The van der Waals surface area contributed by atoms with E-state index in [1.54, 1.807) is 24.5 Å². The molecule has 4 nitrogen and oxygen atoms in total. The number of hydrogen-bond donors (Lipinski definition) is 0. The van der Waals surface area contributed by atoms with Crippen LogP contribution in [-0.4, -0.2) is 16.7 Å². The molecule has 132 valence electrons. The second-order valence-electron chi connectivity index (χ2n) is 6.32. The molecule has 0 aliphatic carbocycles. The third-order valence-corrected chi connectivity index (χ3v) is 4.29. The Kier molecular flexibility index (Phi) is 4.80. The third kappa shape index (κ3) is 4.00. The number of benzene rings is 2. The minimum absolute atomic E-state index is 0.213. The van der Waals surface area contributed by atoms with E-state index in [0.29, 0.717) is 6.54 Å². The van der Waals surface area contributed by atoms with Crippen molar-refractivity contribution in [2.75, 3.05) is 6.79 Å². The van der Waals surface area contributed by atoms with E-state index >= 15 is 0 Å². The third-order valence-electron chi connectivity index (χ3n) is 4.29. The van der Waals surface area contributed by atoms with Gasteiger partial charge in [-0.05, 0) is 53.1 Å². The predicted molar refractivity (Wildman–Crippen MR) is 96.2 cm³/mol. The van der Waals surface area contributed by atoms with Gasteiger partial charge in [0.25, 0.3) is 0 Å². The average molecular weight is 350 g/mol. The molecule has 5 heteroatoms. The molecular formula is C21H19FN2O2. The normalized spacial score (nSPS) is 12.5. The minimum atomic E-state index is -0.213. The van der Waals surface area contributed by atoms with Crippen LogP contribution in [0.3, 0.4) is 0 Å². The zero-order valence-corrected chi connectivity index (χ0v) is 14.3. The fourth-order valence-electron chi connectivity index (χ4n) is 3.11. The van der Waals surface area contributed by atoms with Crippen LogP contribution >= 0.6 is 0 Å². The summed E-state index contributed by atoms with van der Waals surface area (Å²) in [6.45, 7) is 2.38. The lowest BCUT2D eigenvalue weighted by molar-refractivity contribution is 0.174. The van der Waals surface area contributed by atoms with Crippen molar-refractivity contribution in [3.63, 3.8) is 0 Å². The maximum Gasteiger partial charge on any atom is 0.231 e. The zero-order chi connectivity index (χ0) is 17.8. The van der Waals surface area contributed by atoms with Crippen LogP contribution in [0.2, 0.25) is 0 Å². The molecule has 0 spiro atoms. The molecule has 0 saturated carbocycles. The highest BCUT2D eigenvalue weighted by molar-refractivity contribution is 5.44. The van der Waals surface area contributed by atoms with Crippen LogP contribution in [0.25, 0.3) is 0 Å². The Morgan fingerprint density at radius 2 is 1.54 bits per heavy atom. The van der Waals surface area contributed by atoms with Gasteiger partial charge in [0, 0.05) is 32.0 Å². The summed E-state index contributed by atoms with van der Waals surface area (Å²) in [5.74, 6) is 1.34. The smallest absolute Gasteiger partial charge is 0.231 e. The van der Waals surface area contributed by atoms with Gasteiger partial charge in [-0.25, -0.2) is 4.39 Å². The molecule has 0 bridgehead atoms. The number of rotatable bonds is 6. The van der Waals surface area contributed by atoms with Crippen molar-refractivity contribution in [3.05, 3.63) is 89.5 Å². The summed E-state index contributed by atoms with van der Waals surface area (Å²) in [7, 11) is 0. The van der Waals surface area contributed by atoms with E-state index in [4.69, 9.17) is 9.47 Å². The van der Waals surface area contributed by atoms with E-state index in [-0.39, 0.29) is 12.6 Å². The van der Waals surface area contributed by atoms with Crippen LogP contribution in [0.5, 0.6) is 11.5 Å². The molecule has 0 radical (unpaired) electrons. The predicted octanol–water partition coefficient (Wildman–Crippen LogP) is 4.15. The van der Waals surface area contributed by atoms with Crippen LogP contribution in [-0.2, 0) is 19.6 Å². The van der Waals surface area contributed by atoms with Crippen molar-refractivity contribution < 1.29 is 13.9 Å². The molecule has 3 aromatic rings. The largest absolute Gasteiger partial charge is 0.454 e. The van der Waals surface area contributed by atoms with Gasteiger partial charge in [-0.2, -0.15) is 0 Å². The van der Waals surface area contributed by atoms with Gasteiger partial charge in [0.05, 0.1) is 0 Å². The molecule has 2 aromatic carbocycles. The molecule has 1 aromatic heterocycles. The number of ether oxygens (including phenoxy) is 2. The molecule has 2 heterocycles. The van der Waals surface area contributed by atoms with Crippen molar-refractivity contribution in [2.24, 2.45) is 0 Å². The van der Waals surface area contributed by atoms with Gasteiger partial charge in [-0.3, -0.25) is 9.88 Å². The molecule has 0 unspecified atom stereocenters. The molecule has 0 saturated heterocycles. The van der Waals surface area contributed by atoms with Crippen LogP contribution in [0.1, 0.15) is 16.7 Å². The highest BCUT2D eigenvalue weighted by atomic mass is 19.1. The molecule has 0 N–H and O–H groups in total. The highest BCUT2D eigenvalue weighted by Crippen LogP contribution is 2.33. The fraction of sp³-hybridized carbons (Fsp3) is 0.190. The van der Waals surface area contributed by atoms with Gasteiger partial charge < -0.3 is 9.47 Å². The first kappa shape index (κ1) is 16.5. The molecule has 26 heavy (non-hydrogen) atoms. The van der Waals surface area contributed by atoms with Crippen LogP contribution in [0.15, 0.2) is 67.0 Å². The minimum Gasteiger partial charge on any atom is -0.454 e. The molecule has 1 aliphatic heterocycles. The number of hydrogen-bond acceptors (Lipinski definition) is 4. The Hall–Kier alpha value is -2.92. The summed E-state index contributed by atoms with van der Waals surface area (Å²) in [6.07, 6.45) is 3.58. The summed E-state index contributed by atoms with van der Waals surface area (Å²) in [6, 6.07) is 16.7. The van der Waals surface area contributed by atoms with Gasteiger partial charge >= 0.3 is 0 Å². The number of fused-ring (bicyclic) bond motifs is 1. The molecular weight excluding hydrogens is 331 g/mol. The number of nitrogens with zero attached hydrogens (tertiary/aromatic N) is 2. The number of pyridine rings is 1. The van der Waals surface area contributed by atoms with Crippen molar-refractivity contribution >= 4 is 0 Å². The summed E-state index contributed by atoms with van der Waals surface area (Å²) >= 11 is 0. The highest BCUT2D eigenvalue weighted by Gasteiger charge is 2.15. The molecule has 0 fully saturated rings. The topological polar surface area (TPSA) is 34.6 Å². The van der Waals surface area contributed by atoms with E-state index in [0.717, 1.165) is 41.3 Å². The van der Waals surface area contributed by atoms with Crippen molar-refractivity contribution in [3.8, 4) is 11.5 Å². The van der Waals surface area contributed by atoms with E-state index in [2.05, 4.69) is 9.88 Å². The molecule has 4 rings (SSSR count).